The standard InChI is InChI=1S/C14H16N4O2/c1-18(11-7-15-8-12(11)19)14(20)9-3-2-4-10-13(9)17-6-5-16-10/h2-6,11-12,15,19H,7-8H2,1H3/t11-,12-/m1/s1. The molecule has 1 amide bonds. The first-order valence-electron chi connectivity index (χ1n) is 6.54. The first kappa shape index (κ1) is 13.0. The highest BCUT2D eigenvalue weighted by molar-refractivity contribution is 6.04. The van der Waals surface area contributed by atoms with Crippen molar-refractivity contribution >= 4 is 16.9 Å². The number of rotatable bonds is 2. The Balaban J connectivity index is 1.96. The number of nitrogens with zero attached hydrogens (tertiary/aromatic N) is 3. The average Bonchev–Trinajstić information content (AvgIpc) is 2.91. The minimum Gasteiger partial charge on any atom is -0.390 e. The molecule has 2 aromatic rings. The van der Waals surface area contributed by atoms with Gasteiger partial charge in [0.05, 0.1) is 23.2 Å². The van der Waals surface area contributed by atoms with E-state index in [-0.39, 0.29) is 11.9 Å². The van der Waals surface area contributed by atoms with E-state index in [4.69, 9.17) is 0 Å². The number of para-hydroxylation sites is 1. The number of aromatic nitrogens is 2. The molecule has 6 heteroatoms. The molecule has 1 fully saturated rings. The zero-order chi connectivity index (χ0) is 14.1. The highest BCUT2D eigenvalue weighted by Crippen LogP contribution is 2.18. The van der Waals surface area contributed by atoms with Gasteiger partial charge in [-0.1, -0.05) is 6.07 Å². The van der Waals surface area contributed by atoms with Gasteiger partial charge in [0.2, 0.25) is 0 Å². The summed E-state index contributed by atoms with van der Waals surface area (Å²) in [6.45, 7) is 1.11. The van der Waals surface area contributed by atoms with Crippen LogP contribution in [0.1, 0.15) is 10.4 Å². The molecule has 1 aromatic heterocycles. The Morgan fingerprint density at radius 3 is 2.90 bits per heavy atom. The number of benzene rings is 1. The van der Waals surface area contributed by atoms with Crippen molar-refractivity contribution in [3.63, 3.8) is 0 Å². The van der Waals surface area contributed by atoms with Crippen molar-refractivity contribution in [2.24, 2.45) is 0 Å². The number of β-amino-alcohol motifs (C(OH)–C–C–N with tert-alkyl or cyclic N) is 1. The van der Waals surface area contributed by atoms with Crippen molar-refractivity contribution in [1.82, 2.24) is 20.2 Å². The Morgan fingerprint density at radius 1 is 1.35 bits per heavy atom. The maximum absolute atomic E-state index is 12.6. The molecule has 0 saturated carbocycles. The molecule has 0 bridgehead atoms. The van der Waals surface area contributed by atoms with Crippen LogP contribution in [0.5, 0.6) is 0 Å². The number of carbonyl (C=O) groups excluding carboxylic acids is 1. The molecule has 0 unspecified atom stereocenters. The van der Waals surface area contributed by atoms with Crippen molar-refractivity contribution in [2.45, 2.75) is 12.1 Å². The Bertz CT molecular complexity index is 641. The second-order valence-corrected chi connectivity index (χ2v) is 4.94. The normalized spacial score (nSPS) is 22.1. The molecule has 2 heterocycles. The predicted octanol–water partition coefficient (Wildman–Crippen LogP) is 0.0345. The van der Waals surface area contributed by atoms with E-state index >= 15 is 0 Å². The van der Waals surface area contributed by atoms with E-state index in [9.17, 15) is 9.90 Å². The van der Waals surface area contributed by atoms with Gasteiger partial charge in [0.15, 0.2) is 0 Å². The van der Waals surface area contributed by atoms with Crippen molar-refractivity contribution in [3.05, 3.63) is 36.2 Å². The molecule has 1 aliphatic rings. The van der Waals surface area contributed by atoms with Crippen LogP contribution in [0, 0.1) is 0 Å². The second-order valence-electron chi connectivity index (χ2n) is 4.94. The molecule has 6 nitrogen and oxygen atoms in total. The van der Waals surface area contributed by atoms with Crippen molar-refractivity contribution in [3.8, 4) is 0 Å². The number of amides is 1. The molecule has 1 aromatic carbocycles. The summed E-state index contributed by atoms with van der Waals surface area (Å²) in [6.07, 6.45) is 2.64. The van der Waals surface area contributed by atoms with Crippen LogP contribution in [-0.2, 0) is 0 Å². The molecule has 1 saturated heterocycles. The van der Waals surface area contributed by atoms with Crippen LogP contribution in [0.4, 0.5) is 0 Å². The molecule has 2 N–H and O–H groups in total. The van der Waals surface area contributed by atoms with E-state index in [1.807, 2.05) is 6.07 Å². The first-order valence-corrected chi connectivity index (χ1v) is 6.54. The lowest BCUT2D eigenvalue weighted by Gasteiger charge is -2.26. The van der Waals surface area contributed by atoms with Gasteiger partial charge in [-0.3, -0.25) is 14.8 Å². The van der Waals surface area contributed by atoms with Crippen molar-refractivity contribution < 1.29 is 9.90 Å². The summed E-state index contributed by atoms with van der Waals surface area (Å²) >= 11 is 0. The third-order valence-corrected chi connectivity index (χ3v) is 3.70. The summed E-state index contributed by atoms with van der Waals surface area (Å²) in [7, 11) is 1.71. The SMILES string of the molecule is CN(C(=O)c1cccc2nccnc12)[C@@H]1CNC[C@H]1O. The van der Waals surface area contributed by atoms with E-state index in [1.165, 1.54) is 0 Å². The van der Waals surface area contributed by atoms with E-state index < -0.39 is 6.10 Å². The number of aliphatic hydroxyl groups is 1. The molecule has 2 atom stereocenters. The van der Waals surface area contributed by atoms with Crippen LogP contribution in [0.2, 0.25) is 0 Å². The summed E-state index contributed by atoms with van der Waals surface area (Å²) in [4.78, 5) is 22.6. The zero-order valence-electron chi connectivity index (χ0n) is 11.2. The highest BCUT2D eigenvalue weighted by atomic mass is 16.3. The Kier molecular flexibility index (Phi) is 3.33. The average molecular weight is 272 g/mol. The van der Waals surface area contributed by atoms with Crippen LogP contribution in [-0.4, -0.2) is 58.2 Å². The van der Waals surface area contributed by atoms with Gasteiger partial charge in [0.1, 0.15) is 5.52 Å². The van der Waals surface area contributed by atoms with Crippen molar-refractivity contribution in [1.29, 1.82) is 0 Å². The second kappa shape index (κ2) is 5.15. The lowest BCUT2D eigenvalue weighted by molar-refractivity contribution is 0.0583. The molecule has 104 valence electrons. The van der Waals surface area contributed by atoms with E-state index in [2.05, 4.69) is 15.3 Å². The number of fused-ring (bicyclic) bond motifs is 1. The Morgan fingerprint density at radius 2 is 2.15 bits per heavy atom. The van der Waals surface area contributed by atoms with Gasteiger partial charge in [0, 0.05) is 32.5 Å². The lowest BCUT2D eigenvalue weighted by Crippen LogP contribution is -2.44. The van der Waals surface area contributed by atoms with Crippen LogP contribution in [0.3, 0.4) is 0 Å². The van der Waals surface area contributed by atoms with Gasteiger partial charge >= 0.3 is 0 Å². The third kappa shape index (κ3) is 2.13. The zero-order valence-corrected chi connectivity index (χ0v) is 11.2. The van der Waals surface area contributed by atoms with E-state index in [1.54, 1.807) is 36.5 Å². The fourth-order valence-corrected chi connectivity index (χ4v) is 2.55. The Labute approximate surface area is 116 Å². The minimum absolute atomic E-state index is 0.149. The number of hydrogen-bond donors (Lipinski definition) is 2. The number of hydrogen-bond acceptors (Lipinski definition) is 5. The largest absolute Gasteiger partial charge is 0.390 e. The van der Waals surface area contributed by atoms with Gasteiger partial charge in [-0.05, 0) is 12.1 Å². The topological polar surface area (TPSA) is 78.4 Å². The number of carbonyl (C=O) groups is 1. The minimum atomic E-state index is -0.537. The molecular formula is C14H16N4O2. The van der Waals surface area contributed by atoms with Crippen LogP contribution in [0.25, 0.3) is 11.0 Å². The first-order chi connectivity index (χ1) is 9.68. The number of nitrogens with one attached hydrogen (secondary N) is 1. The van der Waals surface area contributed by atoms with Gasteiger partial charge < -0.3 is 15.3 Å². The fourth-order valence-electron chi connectivity index (χ4n) is 2.55. The van der Waals surface area contributed by atoms with E-state index in [0.717, 1.165) is 0 Å². The summed E-state index contributed by atoms with van der Waals surface area (Å²) in [5, 5.41) is 13.0. The molecular weight excluding hydrogens is 256 g/mol. The lowest BCUT2D eigenvalue weighted by atomic mass is 10.1. The fraction of sp³-hybridized carbons (Fsp3) is 0.357. The summed E-state index contributed by atoms with van der Waals surface area (Å²) in [5.41, 5.74) is 1.79. The van der Waals surface area contributed by atoms with Crippen LogP contribution < -0.4 is 5.32 Å². The number of aliphatic hydroxyl groups excluding tert-OH is 1. The third-order valence-electron chi connectivity index (χ3n) is 3.70. The van der Waals surface area contributed by atoms with Gasteiger partial charge in [-0.25, -0.2) is 0 Å². The molecule has 0 radical (unpaired) electrons. The Hall–Kier alpha value is -2.05. The summed E-state index contributed by atoms with van der Waals surface area (Å²) in [6, 6.07) is 5.14. The van der Waals surface area contributed by atoms with Gasteiger partial charge in [-0.2, -0.15) is 0 Å². The van der Waals surface area contributed by atoms with Crippen LogP contribution in [0.15, 0.2) is 30.6 Å². The summed E-state index contributed by atoms with van der Waals surface area (Å²) in [5.74, 6) is -0.149. The highest BCUT2D eigenvalue weighted by Gasteiger charge is 2.32. The van der Waals surface area contributed by atoms with Crippen LogP contribution >= 0.6 is 0 Å². The maximum Gasteiger partial charge on any atom is 0.256 e. The molecule has 0 aliphatic carbocycles. The quantitative estimate of drug-likeness (QED) is 0.806. The van der Waals surface area contributed by atoms with Gasteiger partial charge in [0.25, 0.3) is 5.91 Å². The smallest absolute Gasteiger partial charge is 0.256 e. The van der Waals surface area contributed by atoms with E-state index in [0.29, 0.717) is 29.7 Å². The molecule has 1 aliphatic heterocycles. The number of likely N-dealkylation sites (N-methyl/N-ethyl adjacent to an activating group) is 1. The molecule has 0 spiro atoms. The van der Waals surface area contributed by atoms with Gasteiger partial charge in [-0.15, -0.1) is 0 Å². The monoisotopic (exact) mass is 272 g/mol. The predicted molar refractivity (Wildman–Crippen MR) is 74.3 cm³/mol. The van der Waals surface area contributed by atoms with Crippen molar-refractivity contribution in [2.75, 3.05) is 20.1 Å². The maximum atomic E-state index is 12.6. The molecule has 3 rings (SSSR count). The molecule has 20 heavy (non-hydrogen) atoms. The summed E-state index contributed by atoms with van der Waals surface area (Å²) < 4.78 is 0.